The minimum Gasteiger partial charge on any atom is -0.356 e. The fourth-order valence-corrected chi connectivity index (χ4v) is 3.37. The van der Waals surface area contributed by atoms with Crippen molar-refractivity contribution in [1.82, 2.24) is 15.3 Å². The molecule has 4 nitrogen and oxygen atoms in total. The predicted molar refractivity (Wildman–Crippen MR) is 77.6 cm³/mol. The van der Waals surface area contributed by atoms with Crippen molar-refractivity contribution in [3.63, 3.8) is 0 Å². The maximum Gasteiger partial charge on any atom is 0.135 e. The average molecular weight is 260 g/mol. The molecule has 1 aromatic rings. The molecule has 0 amide bonds. The van der Waals surface area contributed by atoms with Gasteiger partial charge in [0.15, 0.2) is 0 Å². The zero-order chi connectivity index (χ0) is 13.1. The standard InChI is InChI=1S/C15H24N4/c1-19(12-5-4-9-16-10-8-12)15-13-6-2-3-7-14(13)17-11-18-15/h11-12,16H,2-10H2,1H3. The second-order valence-corrected chi connectivity index (χ2v) is 5.78. The fraction of sp³-hybridized carbons (Fsp3) is 0.733. The molecular formula is C15H24N4. The summed E-state index contributed by atoms with van der Waals surface area (Å²) in [5.41, 5.74) is 2.70. The second-order valence-electron chi connectivity index (χ2n) is 5.78. The molecule has 1 aliphatic carbocycles. The molecule has 1 N–H and O–H groups in total. The van der Waals surface area contributed by atoms with Crippen LogP contribution in [0, 0.1) is 0 Å². The lowest BCUT2D eigenvalue weighted by atomic mass is 9.95. The van der Waals surface area contributed by atoms with Gasteiger partial charge in [0.2, 0.25) is 0 Å². The summed E-state index contributed by atoms with van der Waals surface area (Å²) in [7, 11) is 2.22. The Morgan fingerprint density at radius 3 is 2.95 bits per heavy atom. The molecule has 19 heavy (non-hydrogen) atoms. The summed E-state index contributed by atoms with van der Waals surface area (Å²) in [6.45, 7) is 2.29. The lowest BCUT2D eigenvalue weighted by Gasteiger charge is -2.31. The molecule has 1 aliphatic heterocycles. The Hall–Kier alpha value is -1.16. The van der Waals surface area contributed by atoms with Gasteiger partial charge in [-0.1, -0.05) is 0 Å². The van der Waals surface area contributed by atoms with E-state index in [4.69, 9.17) is 0 Å². The molecule has 1 fully saturated rings. The second kappa shape index (κ2) is 5.87. The molecule has 0 spiro atoms. The number of nitrogens with zero attached hydrogens (tertiary/aromatic N) is 3. The highest BCUT2D eigenvalue weighted by atomic mass is 15.2. The minimum atomic E-state index is 0.621. The van der Waals surface area contributed by atoms with Crippen LogP contribution in [-0.2, 0) is 12.8 Å². The molecule has 0 bridgehead atoms. The number of nitrogens with one attached hydrogen (secondary N) is 1. The van der Waals surface area contributed by atoms with Crippen molar-refractivity contribution in [2.24, 2.45) is 0 Å². The first kappa shape index (κ1) is 12.9. The number of aromatic nitrogens is 2. The van der Waals surface area contributed by atoms with Crippen LogP contribution in [0.4, 0.5) is 5.82 Å². The van der Waals surface area contributed by atoms with Crippen LogP contribution in [0.25, 0.3) is 0 Å². The van der Waals surface area contributed by atoms with Gasteiger partial charge in [-0.3, -0.25) is 0 Å². The van der Waals surface area contributed by atoms with Crippen LogP contribution >= 0.6 is 0 Å². The highest BCUT2D eigenvalue weighted by Crippen LogP contribution is 2.28. The van der Waals surface area contributed by atoms with Crippen molar-refractivity contribution < 1.29 is 0 Å². The van der Waals surface area contributed by atoms with Crippen LogP contribution in [0.5, 0.6) is 0 Å². The van der Waals surface area contributed by atoms with E-state index in [0.29, 0.717) is 6.04 Å². The SMILES string of the molecule is CN(c1ncnc2c1CCCC2)C1CCCNCC1. The third-order valence-electron chi connectivity index (χ3n) is 4.53. The first-order chi connectivity index (χ1) is 9.36. The third-order valence-corrected chi connectivity index (χ3v) is 4.53. The molecule has 1 aromatic heterocycles. The number of fused-ring (bicyclic) bond motifs is 1. The van der Waals surface area contributed by atoms with Crippen LogP contribution in [0.2, 0.25) is 0 Å². The molecule has 3 rings (SSSR count). The maximum atomic E-state index is 4.59. The Morgan fingerprint density at radius 2 is 2.00 bits per heavy atom. The summed E-state index contributed by atoms with van der Waals surface area (Å²) < 4.78 is 0. The zero-order valence-corrected chi connectivity index (χ0v) is 11.9. The van der Waals surface area contributed by atoms with Gasteiger partial charge in [-0.15, -0.1) is 0 Å². The molecule has 1 unspecified atom stereocenters. The largest absolute Gasteiger partial charge is 0.356 e. The molecule has 2 aliphatic rings. The molecule has 0 radical (unpaired) electrons. The normalized spacial score (nSPS) is 23.5. The number of anilines is 1. The lowest BCUT2D eigenvalue weighted by molar-refractivity contribution is 0.556. The van der Waals surface area contributed by atoms with Gasteiger partial charge in [0.05, 0.1) is 0 Å². The van der Waals surface area contributed by atoms with Gasteiger partial charge in [0.1, 0.15) is 12.1 Å². The van der Waals surface area contributed by atoms with Crippen LogP contribution in [0.3, 0.4) is 0 Å². The molecule has 1 saturated heterocycles. The van der Waals surface area contributed by atoms with E-state index in [1.807, 2.05) is 0 Å². The van der Waals surface area contributed by atoms with E-state index in [0.717, 1.165) is 25.9 Å². The minimum absolute atomic E-state index is 0.621. The first-order valence-corrected chi connectivity index (χ1v) is 7.62. The summed E-state index contributed by atoms with van der Waals surface area (Å²) in [6, 6.07) is 0.621. The Labute approximate surface area is 115 Å². The van der Waals surface area contributed by atoms with Gasteiger partial charge in [-0.05, 0) is 58.0 Å². The van der Waals surface area contributed by atoms with Crippen LogP contribution in [-0.4, -0.2) is 36.1 Å². The highest BCUT2D eigenvalue weighted by Gasteiger charge is 2.23. The average Bonchev–Trinajstić information content (AvgIpc) is 2.75. The van der Waals surface area contributed by atoms with Gasteiger partial charge < -0.3 is 10.2 Å². The van der Waals surface area contributed by atoms with Crippen molar-refractivity contribution in [2.45, 2.75) is 51.0 Å². The van der Waals surface area contributed by atoms with E-state index in [9.17, 15) is 0 Å². The van der Waals surface area contributed by atoms with E-state index in [-0.39, 0.29) is 0 Å². The number of aryl methyl sites for hydroxylation is 1. The molecule has 0 aromatic carbocycles. The third kappa shape index (κ3) is 2.73. The van der Waals surface area contributed by atoms with Gasteiger partial charge in [0, 0.05) is 24.3 Å². The van der Waals surface area contributed by atoms with Crippen molar-refractivity contribution in [1.29, 1.82) is 0 Å². The lowest BCUT2D eigenvalue weighted by Crippen LogP contribution is -2.34. The van der Waals surface area contributed by atoms with Crippen LogP contribution < -0.4 is 10.2 Å². The van der Waals surface area contributed by atoms with Crippen LogP contribution in [0.1, 0.15) is 43.4 Å². The van der Waals surface area contributed by atoms with Crippen molar-refractivity contribution in [2.75, 3.05) is 25.0 Å². The number of hydrogen-bond acceptors (Lipinski definition) is 4. The Bertz CT molecular complexity index is 424. The summed E-state index contributed by atoms with van der Waals surface area (Å²) in [6.07, 6.45) is 10.4. The molecule has 4 heteroatoms. The first-order valence-electron chi connectivity index (χ1n) is 7.62. The topological polar surface area (TPSA) is 41.1 Å². The van der Waals surface area contributed by atoms with E-state index in [1.54, 1.807) is 6.33 Å². The van der Waals surface area contributed by atoms with Gasteiger partial charge in [0.25, 0.3) is 0 Å². The summed E-state index contributed by atoms with van der Waals surface area (Å²) in [4.78, 5) is 11.5. The Balaban J connectivity index is 1.84. The monoisotopic (exact) mass is 260 g/mol. The van der Waals surface area contributed by atoms with Gasteiger partial charge in [-0.25, -0.2) is 9.97 Å². The predicted octanol–water partition coefficient (Wildman–Crippen LogP) is 1.93. The molecule has 1 atom stereocenters. The maximum absolute atomic E-state index is 4.59. The van der Waals surface area contributed by atoms with Crippen molar-refractivity contribution >= 4 is 5.82 Å². The van der Waals surface area contributed by atoms with E-state index in [2.05, 4.69) is 27.2 Å². The summed E-state index contributed by atoms with van der Waals surface area (Å²) in [5, 5.41) is 3.49. The van der Waals surface area contributed by atoms with Crippen molar-refractivity contribution in [3.05, 3.63) is 17.6 Å². The zero-order valence-electron chi connectivity index (χ0n) is 11.9. The van der Waals surface area contributed by atoms with Gasteiger partial charge in [-0.2, -0.15) is 0 Å². The van der Waals surface area contributed by atoms with Gasteiger partial charge >= 0.3 is 0 Å². The Morgan fingerprint density at radius 1 is 1.11 bits per heavy atom. The van der Waals surface area contributed by atoms with E-state index >= 15 is 0 Å². The number of rotatable bonds is 2. The summed E-state index contributed by atoms with van der Waals surface area (Å²) >= 11 is 0. The van der Waals surface area contributed by atoms with E-state index < -0.39 is 0 Å². The highest BCUT2D eigenvalue weighted by molar-refractivity contribution is 5.49. The van der Waals surface area contributed by atoms with Crippen LogP contribution in [0.15, 0.2) is 6.33 Å². The smallest absolute Gasteiger partial charge is 0.135 e. The fourth-order valence-electron chi connectivity index (χ4n) is 3.37. The number of hydrogen-bond donors (Lipinski definition) is 1. The quantitative estimate of drug-likeness (QED) is 0.882. The Kier molecular flexibility index (Phi) is 3.97. The molecule has 2 heterocycles. The van der Waals surface area contributed by atoms with E-state index in [1.165, 1.54) is 49.2 Å². The molecule has 104 valence electrons. The summed E-state index contributed by atoms with van der Waals surface area (Å²) in [5.74, 6) is 1.19. The molecular weight excluding hydrogens is 236 g/mol. The molecule has 0 saturated carbocycles. The van der Waals surface area contributed by atoms with Crippen molar-refractivity contribution in [3.8, 4) is 0 Å².